The molecule has 3 aromatic carbocycles. The van der Waals surface area contributed by atoms with E-state index in [9.17, 15) is 19.2 Å². The highest BCUT2D eigenvalue weighted by Gasteiger charge is 2.32. The molecule has 2 aliphatic rings. The molecule has 2 heterocycles. The van der Waals surface area contributed by atoms with Crippen molar-refractivity contribution in [2.45, 2.75) is 25.7 Å². The molecule has 5 rings (SSSR count). The Balaban J connectivity index is 1.22. The maximum absolute atomic E-state index is 12.9. The van der Waals surface area contributed by atoms with Crippen LogP contribution in [-0.2, 0) is 16.0 Å². The second-order valence-corrected chi connectivity index (χ2v) is 7.92. The van der Waals surface area contributed by atoms with Gasteiger partial charge in [0.2, 0.25) is 5.91 Å². The van der Waals surface area contributed by atoms with Gasteiger partial charge in [-0.15, -0.1) is 0 Å². The highest BCUT2D eigenvalue weighted by atomic mass is 16.5. The van der Waals surface area contributed by atoms with E-state index in [1.54, 1.807) is 42.5 Å². The number of anilines is 1. The molecule has 0 bridgehead atoms. The molecule has 1 N–H and O–H groups in total. The maximum atomic E-state index is 12.9. The summed E-state index contributed by atoms with van der Waals surface area (Å²) in [6.07, 6.45) is 1.37. The van der Waals surface area contributed by atoms with Gasteiger partial charge in [0, 0.05) is 41.6 Å². The zero-order valence-corrected chi connectivity index (χ0v) is 17.2. The standard InChI is InChI=1S/C25H20N2O5/c28-21-12-9-16-14-17(10-11-20(16)26-21)32-22(29)8-3-13-27-24(30)18-6-1-4-15-5-2-7-19(23(15)18)25(27)31/h1-2,4-7,10-11,14H,3,8-9,12-13H2,(H,26,28). The van der Waals surface area contributed by atoms with Crippen molar-refractivity contribution in [1.82, 2.24) is 4.90 Å². The van der Waals surface area contributed by atoms with E-state index in [0.717, 1.165) is 16.6 Å². The lowest BCUT2D eigenvalue weighted by molar-refractivity contribution is -0.134. The summed E-state index contributed by atoms with van der Waals surface area (Å²) in [5.41, 5.74) is 2.66. The Hall–Kier alpha value is -4.00. The van der Waals surface area contributed by atoms with Gasteiger partial charge < -0.3 is 10.1 Å². The van der Waals surface area contributed by atoms with E-state index in [4.69, 9.17) is 4.74 Å². The predicted octanol–water partition coefficient (Wildman–Crippen LogP) is 3.71. The van der Waals surface area contributed by atoms with Crippen LogP contribution < -0.4 is 10.1 Å². The summed E-state index contributed by atoms with van der Waals surface area (Å²) in [6.45, 7) is 0.133. The summed E-state index contributed by atoms with van der Waals surface area (Å²) in [4.78, 5) is 50.8. The van der Waals surface area contributed by atoms with Gasteiger partial charge in [0.1, 0.15) is 5.75 Å². The highest BCUT2D eigenvalue weighted by molar-refractivity contribution is 6.25. The SMILES string of the molecule is O=C1CCc2cc(OC(=O)CCCN3C(=O)c4cccc5cccc(c45)C3=O)ccc2N1. The fourth-order valence-corrected chi connectivity index (χ4v) is 4.27. The summed E-state index contributed by atoms with van der Waals surface area (Å²) in [5.74, 6) is -0.739. The van der Waals surface area contributed by atoms with Gasteiger partial charge in [0.25, 0.3) is 11.8 Å². The number of imide groups is 1. The minimum absolute atomic E-state index is 0.0251. The molecule has 32 heavy (non-hydrogen) atoms. The first-order chi connectivity index (χ1) is 15.5. The van der Waals surface area contributed by atoms with Crippen molar-refractivity contribution in [3.05, 3.63) is 71.3 Å². The third kappa shape index (κ3) is 3.51. The molecule has 0 radical (unpaired) electrons. The smallest absolute Gasteiger partial charge is 0.311 e. The Morgan fingerprint density at radius 3 is 2.38 bits per heavy atom. The molecule has 0 aliphatic carbocycles. The summed E-state index contributed by atoms with van der Waals surface area (Å²) >= 11 is 0. The number of carbonyl (C=O) groups is 4. The summed E-state index contributed by atoms with van der Waals surface area (Å²) in [5, 5.41) is 4.33. The number of nitrogens with one attached hydrogen (secondary N) is 1. The van der Waals surface area contributed by atoms with E-state index in [0.29, 0.717) is 41.5 Å². The fraction of sp³-hybridized carbons (Fsp3) is 0.200. The Bertz CT molecular complexity index is 1250. The number of fused-ring (bicyclic) bond motifs is 1. The number of hydrogen-bond donors (Lipinski definition) is 1. The first kappa shape index (κ1) is 19.9. The molecule has 7 nitrogen and oxygen atoms in total. The first-order valence-corrected chi connectivity index (χ1v) is 10.5. The topological polar surface area (TPSA) is 92.8 Å². The average molecular weight is 428 g/mol. The number of nitrogens with zero attached hydrogens (tertiary/aromatic N) is 1. The Morgan fingerprint density at radius 1 is 0.938 bits per heavy atom. The summed E-state index contributed by atoms with van der Waals surface area (Å²) < 4.78 is 5.41. The molecular weight excluding hydrogens is 408 g/mol. The van der Waals surface area contributed by atoms with Crippen LogP contribution in [0.25, 0.3) is 10.8 Å². The molecule has 0 saturated heterocycles. The third-order valence-corrected chi connectivity index (χ3v) is 5.82. The molecule has 160 valence electrons. The van der Waals surface area contributed by atoms with Crippen molar-refractivity contribution in [3.63, 3.8) is 0 Å². The minimum atomic E-state index is -0.441. The Kier molecular flexibility index (Phi) is 4.93. The van der Waals surface area contributed by atoms with Gasteiger partial charge in [-0.1, -0.05) is 24.3 Å². The van der Waals surface area contributed by atoms with Crippen LogP contribution in [-0.4, -0.2) is 35.1 Å². The number of ether oxygens (including phenoxy) is 1. The van der Waals surface area contributed by atoms with Crippen LogP contribution >= 0.6 is 0 Å². The zero-order valence-electron chi connectivity index (χ0n) is 17.2. The van der Waals surface area contributed by atoms with Crippen molar-refractivity contribution < 1.29 is 23.9 Å². The first-order valence-electron chi connectivity index (χ1n) is 10.5. The lowest BCUT2D eigenvalue weighted by atomic mass is 9.94. The van der Waals surface area contributed by atoms with Crippen LogP contribution in [0, 0.1) is 0 Å². The Morgan fingerprint density at radius 2 is 1.66 bits per heavy atom. The summed E-state index contributed by atoms with van der Waals surface area (Å²) in [7, 11) is 0. The van der Waals surface area contributed by atoms with E-state index in [-0.39, 0.29) is 30.7 Å². The van der Waals surface area contributed by atoms with Crippen LogP contribution in [0.15, 0.2) is 54.6 Å². The van der Waals surface area contributed by atoms with Crippen molar-refractivity contribution >= 4 is 40.2 Å². The number of esters is 1. The number of rotatable bonds is 5. The molecule has 0 unspecified atom stereocenters. The Labute approximate surface area is 184 Å². The third-order valence-electron chi connectivity index (χ3n) is 5.82. The van der Waals surface area contributed by atoms with Gasteiger partial charge >= 0.3 is 5.97 Å². The van der Waals surface area contributed by atoms with Crippen LogP contribution in [0.5, 0.6) is 5.75 Å². The van der Waals surface area contributed by atoms with Gasteiger partial charge in [-0.3, -0.25) is 24.1 Å². The van der Waals surface area contributed by atoms with Crippen molar-refractivity contribution in [3.8, 4) is 5.75 Å². The maximum Gasteiger partial charge on any atom is 0.311 e. The van der Waals surface area contributed by atoms with Crippen LogP contribution in [0.4, 0.5) is 5.69 Å². The zero-order chi connectivity index (χ0) is 22.2. The molecule has 0 spiro atoms. The number of amides is 3. The second-order valence-electron chi connectivity index (χ2n) is 7.92. The van der Waals surface area contributed by atoms with Gasteiger partial charge in [0.05, 0.1) is 0 Å². The number of benzene rings is 3. The molecule has 3 amide bonds. The highest BCUT2D eigenvalue weighted by Crippen LogP contribution is 2.30. The van der Waals surface area contributed by atoms with Gasteiger partial charge in [-0.05, 0) is 54.1 Å². The van der Waals surface area contributed by atoms with Gasteiger partial charge in [-0.25, -0.2) is 0 Å². The van der Waals surface area contributed by atoms with Crippen molar-refractivity contribution in [2.24, 2.45) is 0 Å². The van der Waals surface area contributed by atoms with Crippen LogP contribution in [0.1, 0.15) is 45.5 Å². The lowest BCUT2D eigenvalue weighted by Crippen LogP contribution is -2.41. The van der Waals surface area contributed by atoms with E-state index < -0.39 is 5.97 Å². The van der Waals surface area contributed by atoms with Gasteiger partial charge in [-0.2, -0.15) is 0 Å². The predicted molar refractivity (Wildman–Crippen MR) is 118 cm³/mol. The second kappa shape index (κ2) is 7.92. The molecule has 2 aliphatic heterocycles. The lowest BCUT2D eigenvalue weighted by Gasteiger charge is -2.27. The monoisotopic (exact) mass is 428 g/mol. The molecule has 0 saturated carbocycles. The largest absolute Gasteiger partial charge is 0.427 e. The van der Waals surface area contributed by atoms with E-state index in [1.165, 1.54) is 4.90 Å². The molecule has 0 aromatic heterocycles. The number of carbonyl (C=O) groups excluding carboxylic acids is 4. The van der Waals surface area contributed by atoms with E-state index in [1.807, 2.05) is 12.1 Å². The van der Waals surface area contributed by atoms with Crippen molar-refractivity contribution in [2.75, 3.05) is 11.9 Å². The molecule has 0 atom stereocenters. The quantitative estimate of drug-likeness (QED) is 0.380. The normalized spacial score (nSPS) is 14.9. The van der Waals surface area contributed by atoms with Crippen LogP contribution in [0.3, 0.4) is 0 Å². The van der Waals surface area contributed by atoms with Gasteiger partial charge in [0.15, 0.2) is 0 Å². The van der Waals surface area contributed by atoms with Crippen LogP contribution in [0.2, 0.25) is 0 Å². The molecule has 7 heteroatoms. The minimum Gasteiger partial charge on any atom is -0.427 e. The fourth-order valence-electron chi connectivity index (χ4n) is 4.27. The average Bonchev–Trinajstić information content (AvgIpc) is 2.79. The van der Waals surface area contributed by atoms with Crippen molar-refractivity contribution in [1.29, 1.82) is 0 Å². The number of hydrogen-bond acceptors (Lipinski definition) is 5. The molecule has 0 fully saturated rings. The molecule has 3 aromatic rings. The summed E-state index contributed by atoms with van der Waals surface area (Å²) in [6, 6.07) is 15.9. The number of aryl methyl sites for hydroxylation is 1. The van der Waals surface area contributed by atoms with E-state index in [2.05, 4.69) is 5.32 Å². The van der Waals surface area contributed by atoms with E-state index >= 15 is 0 Å². The molecular formula is C25H20N2O5.